The van der Waals surface area contributed by atoms with Crippen LogP contribution >= 0.6 is 0 Å². The Morgan fingerprint density at radius 1 is 0.565 bits per heavy atom. The molecule has 5 aromatic rings. The number of benzene rings is 4. The maximum atomic E-state index is 4.55. The maximum Gasteiger partial charge on any atom is 0.0447 e. The predicted octanol–water partition coefficient (Wildman–Crippen LogP) is 9.66. The molecule has 0 radical (unpaired) electrons. The number of aryl methyl sites for hydroxylation is 4. The van der Waals surface area contributed by atoms with Crippen LogP contribution in [-0.2, 0) is 0 Å². The fourth-order valence-electron chi connectivity index (χ4n) is 8.45. The molecular formula is C45H39N. The molecule has 46 heavy (non-hydrogen) atoms. The van der Waals surface area contributed by atoms with E-state index >= 15 is 0 Å². The van der Waals surface area contributed by atoms with Crippen LogP contribution in [0.4, 0.5) is 0 Å². The number of hydrogen-bond donors (Lipinski definition) is 0. The van der Waals surface area contributed by atoms with Gasteiger partial charge in [-0.3, -0.25) is 4.98 Å². The Hall–Kier alpha value is -5.01. The van der Waals surface area contributed by atoms with Crippen molar-refractivity contribution in [3.05, 3.63) is 177 Å². The summed E-state index contributed by atoms with van der Waals surface area (Å²) in [6.45, 7) is 8.81. The van der Waals surface area contributed by atoms with Gasteiger partial charge in [-0.05, 0) is 123 Å². The Kier molecular flexibility index (Phi) is 7.06. The lowest BCUT2D eigenvalue weighted by atomic mass is 9.68. The highest BCUT2D eigenvalue weighted by Gasteiger charge is 2.33. The zero-order valence-electron chi connectivity index (χ0n) is 27.1. The van der Waals surface area contributed by atoms with Gasteiger partial charge in [0.05, 0.1) is 0 Å². The van der Waals surface area contributed by atoms with E-state index < -0.39 is 0 Å². The van der Waals surface area contributed by atoms with Gasteiger partial charge in [0.1, 0.15) is 0 Å². The second kappa shape index (κ2) is 11.4. The first-order chi connectivity index (χ1) is 22.5. The lowest BCUT2D eigenvalue weighted by Crippen LogP contribution is -2.40. The number of aromatic nitrogens is 1. The van der Waals surface area contributed by atoms with Gasteiger partial charge in [-0.15, -0.1) is 0 Å². The molecule has 224 valence electrons. The number of pyridine rings is 1. The van der Waals surface area contributed by atoms with E-state index in [-0.39, 0.29) is 11.8 Å². The van der Waals surface area contributed by atoms with Crippen LogP contribution < -0.4 is 10.4 Å². The van der Waals surface area contributed by atoms with Crippen molar-refractivity contribution in [1.29, 1.82) is 0 Å². The molecule has 3 aliphatic carbocycles. The van der Waals surface area contributed by atoms with Gasteiger partial charge in [-0.1, -0.05) is 121 Å². The molecule has 2 unspecified atom stereocenters. The quantitative estimate of drug-likeness (QED) is 0.202. The lowest BCUT2D eigenvalue weighted by molar-refractivity contribution is 0.680. The molecule has 4 aromatic carbocycles. The Balaban J connectivity index is 1.37. The molecule has 0 spiro atoms. The standard InChI is InChI=1S/C45H39N/c1-28-26-29(2)43(30(3)27-28)41-23-24-42(36-13-6-5-12-35(36)41)45-39-16-9-7-14-37(39)44(38-15-8-10-17-40(38)45)33-21-19-32(20-22-33)34-18-11-25-46-31(34)4/h5-19,21,23-27,37,39H,20,22H2,1-4H3. The van der Waals surface area contributed by atoms with Crippen molar-refractivity contribution in [2.45, 2.75) is 40.5 Å². The molecule has 0 fully saturated rings. The predicted molar refractivity (Wildman–Crippen MR) is 195 cm³/mol. The van der Waals surface area contributed by atoms with E-state index in [9.17, 15) is 0 Å². The van der Waals surface area contributed by atoms with Gasteiger partial charge in [0, 0.05) is 23.7 Å². The normalized spacial score (nSPS) is 18.7. The topological polar surface area (TPSA) is 12.9 Å². The molecule has 0 saturated carbocycles. The van der Waals surface area contributed by atoms with Crippen molar-refractivity contribution >= 4 is 27.5 Å². The van der Waals surface area contributed by atoms with Gasteiger partial charge in [-0.2, -0.15) is 0 Å². The molecule has 8 rings (SSSR count). The Bertz CT molecular complexity index is 2280. The molecular weight excluding hydrogens is 555 g/mol. The van der Waals surface area contributed by atoms with Gasteiger partial charge in [0.2, 0.25) is 0 Å². The monoisotopic (exact) mass is 593 g/mol. The molecule has 0 amide bonds. The van der Waals surface area contributed by atoms with Gasteiger partial charge in [0.25, 0.3) is 0 Å². The van der Waals surface area contributed by atoms with Gasteiger partial charge >= 0.3 is 0 Å². The molecule has 2 atom stereocenters. The van der Waals surface area contributed by atoms with Crippen LogP contribution in [0.2, 0.25) is 0 Å². The van der Waals surface area contributed by atoms with Crippen LogP contribution in [0.25, 0.3) is 38.6 Å². The van der Waals surface area contributed by atoms with Crippen molar-refractivity contribution < 1.29 is 0 Å². The van der Waals surface area contributed by atoms with Crippen LogP contribution in [0, 0.1) is 39.5 Å². The van der Waals surface area contributed by atoms with E-state index in [1.165, 1.54) is 82.4 Å². The van der Waals surface area contributed by atoms with Crippen LogP contribution in [0.3, 0.4) is 0 Å². The zero-order valence-corrected chi connectivity index (χ0v) is 27.1. The minimum atomic E-state index is 0.263. The number of rotatable bonds is 4. The van der Waals surface area contributed by atoms with Crippen molar-refractivity contribution in [1.82, 2.24) is 4.98 Å². The van der Waals surface area contributed by atoms with Crippen molar-refractivity contribution in [2.24, 2.45) is 11.8 Å². The summed E-state index contributed by atoms with van der Waals surface area (Å²) < 4.78 is 0. The van der Waals surface area contributed by atoms with Gasteiger partial charge in [0.15, 0.2) is 0 Å². The Morgan fingerprint density at radius 3 is 1.83 bits per heavy atom. The summed E-state index contributed by atoms with van der Waals surface area (Å²) in [5, 5.41) is 5.38. The smallest absolute Gasteiger partial charge is 0.0447 e. The first-order valence-electron chi connectivity index (χ1n) is 16.6. The third-order valence-corrected chi connectivity index (χ3v) is 10.3. The number of allylic oxidation sites excluding steroid dienone is 8. The number of hydrogen-bond acceptors (Lipinski definition) is 1. The average Bonchev–Trinajstić information content (AvgIpc) is 3.07. The average molecular weight is 594 g/mol. The van der Waals surface area contributed by atoms with E-state index in [1.54, 1.807) is 0 Å². The van der Waals surface area contributed by atoms with Gasteiger partial charge in [-0.25, -0.2) is 0 Å². The number of nitrogens with zero attached hydrogens (tertiary/aromatic N) is 1. The SMILES string of the molecule is Cc1cc(C)c(-c2ccc(C3=c4ccccc4=C(C4=CC=C(c5cccnc5C)CC4)C4C=CC=CC34)c3ccccc23)c(C)c1. The maximum absolute atomic E-state index is 4.55. The molecule has 0 bridgehead atoms. The van der Waals surface area contributed by atoms with E-state index in [2.05, 4.69) is 154 Å². The fourth-order valence-corrected chi connectivity index (χ4v) is 8.45. The third-order valence-electron chi connectivity index (χ3n) is 10.3. The first-order valence-corrected chi connectivity index (χ1v) is 16.6. The van der Waals surface area contributed by atoms with E-state index in [1.807, 2.05) is 6.20 Å². The summed E-state index contributed by atoms with van der Waals surface area (Å²) in [5.74, 6) is 0.551. The summed E-state index contributed by atoms with van der Waals surface area (Å²) in [7, 11) is 0. The van der Waals surface area contributed by atoms with Crippen LogP contribution in [0.15, 0.2) is 133 Å². The summed E-state index contributed by atoms with van der Waals surface area (Å²) >= 11 is 0. The minimum Gasteiger partial charge on any atom is -0.261 e. The van der Waals surface area contributed by atoms with E-state index in [4.69, 9.17) is 0 Å². The third kappa shape index (κ3) is 4.65. The molecule has 0 saturated heterocycles. The highest BCUT2D eigenvalue weighted by Crippen LogP contribution is 2.45. The fraction of sp³-hybridized carbons (Fsp3) is 0.178. The lowest BCUT2D eigenvalue weighted by Gasteiger charge is -2.35. The summed E-state index contributed by atoms with van der Waals surface area (Å²) in [4.78, 5) is 4.55. The van der Waals surface area contributed by atoms with E-state index in [0.717, 1.165) is 18.5 Å². The Labute approximate surface area is 272 Å². The second-order valence-corrected chi connectivity index (χ2v) is 13.2. The highest BCUT2D eigenvalue weighted by molar-refractivity contribution is 6.04. The summed E-state index contributed by atoms with van der Waals surface area (Å²) in [6.07, 6.45) is 18.1. The van der Waals surface area contributed by atoms with Crippen molar-refractivity contribution in [3.63, 3.8) is 0 Å². The van der Waals surface area contributed by atoms with Crippen molar-refractivity contribution in [3.8, 4) is 11.1 Å². The minimum absolute atomic E-state index is 0.263. The largest absolute Gasteiger partial charge is 0.261 e. The highest BCUT2D eigenvalue weighted by atomic mass is 14.7. The molecule has 1 nitrogen and oxygen atoms in total. The molecule has 3 aliphatic rings. The van der Waals surface area contributed by atoms with Crippen LogP contribution in [0.5, 0.6) is 0 Å². The molecule has 0 N–H and O–H groups in total. The van der Waals surface area contributed by atoms with Crippen molar-refractivity contribution in [2.75, 3.05) is 0 Å². The van der Waals surface area contributed by atoms with Gasteiger partial charge < -0.3 is 0 Å². The van der Waals surface area contributed by atoms with Crippen LogP contribution in [-0.4, -0.2) is 4.98 Å². The number of fused-ring (bicyclic) bond motifs is 3. The molecule has 1 aromatic heterocycles. The summed E-state index contributed by atoms with van der Waals surface area (Å²) in [6, 6.07) is 31.8. The second-order valence-electron chi connectivity index (χ2n) is 13.2. The molecule has 1 heteroatoms. The zero-order chi connectivity index (χ0) is 31.4. The Morgan fingerprint density at radius 2 is 1.15 bits per heavy atom. The first kappa shape index (κ1) is 28.5. The summed E-state index contributed by atoms with van der Waals surface area (Å²) in [5.41, 5.74) is 16.1. The van der Waals surface area contributed by atoms with Crippen LogP contribution in [0.1, 0.15) is 46.4 Å². The molecule has 0 aliphatic heterocycles. The van der Waals surface area contributed by atoms with E-state index in [0.29, 0.717) is 0 Å². The molecule has 1 heterocycles.